The molecule has 6 nitrogen and oxygen atoms in total. The molecule has 0 aliphatic heterocycles. The van der Waals surface area contributed by atoms with Gasteiger partial charge in [0.15, 0.2) is 0 Å². The fourth-order valence-electron chi connectivity index (χ4n) is 2.33. The SMILES string of the molecule is CC(C)c1ccc(NC(=O)CCn2nc(-c3cccs3)oc2=O)cc1. The molecule has 1 amide bonds. The van der Waals surface area contributed by atoms with E-state index in [2.05, 4.69) is 24.3 Å². The van der Waals surface area contributed by atoms with Gasteiger partial charge in [-0.25, -0.2) is 4.79 Å². The minimum atomic E-state index is -0.558. The lowest BCUT2D eigenvalue weighted by Crippen LogP contribution is -2.20. The zero-order chi connectivity index (χ0) is 17.8. The van der Waals surface area contributed by atoms with Crippen molar-refractivity contribution in [3.8, 4) is 10.8 Å². The Morgan fingerprint density at radius 3 is 2.68 bits per heavy atom. The Hall–Kier alpha value is -2.67. The van der Waals surface area contributed by atoms with Gasteiger partial charge in [-0.15, -0.1) is 16.4 Å². The second-order valence-electron chi connectivity index (χ2n) is 5.95. The molecule has 1 aromatic carbocycles. The maximum Gasteiger partial charge on any atom is 0.437 e. The third-order valence-corrected chi connectivity index (χ3v) is 4.61. The van der Waals surface area contributed by atoms with Crippen LogP contribution in [-0.4, -0.2) is 15.7 Å². The van der Waals surface area contributed by atoms with Crippen molar-refractivity contribution < 1.29 is 9.21 Å². The highest BCUT2D eigenvalue weighted by Gasteiger charge is 2.12. The Morgan fingerprint density at radius 2 is 2.04 bits per heavy atom. The number of nitrogens with zero attached hydrogens (tertiary/aromatic N) is 2. The van der Waals surface area contributed by atoms with Crippen LogP contribution in [0, 0.1) is 0 Å². The summed E-state index contributed by atoms with van der Waals surface area (Å²) >= 11 is 1.44. The maximum atomic E-state index is 12.1. The van der Waals surface area contributed by atoms with E-state index in [0.717, 1.165) is 10.6 Å². The minimum absolute atomic E-state index is 0.141. The summed E-state index contributed by atoms with van der Waals surface area (Å²) in [5, 5.41) is 8.83. The molecule has 25 heavy (non-hydrogen) atoms. The van der Waals surface area contributed by atoms with Crippen molar-refractivity contribution >= 4 is 22.9 Å². The molecule has 7 heteroatoms. The van der Waals surface area contributed by atoms with Crippen molar-refractivity contribution in [1.29, 1.82) is 0 Å². The molecule has 0 bridgehead atoms. The van der Waals surface area contributed by atoms with E-state index < -0.39 is 5.76 Å². The van der Waals surface area contributed by atoms with Crippen LogP contribution >= 0.6 is 11.3 Å². The summed E-state index contributed by atoms with van der Waals surface area (Å²) in [5.41, 5.74) is 1.95. The van der Waals surface area contributed by atoms with Crippen molar-refractivity contribution in [2.45, 2.75) is 32.7 Å². The second-order valence-corrected chi connectivity index (χ2v) is 6.90. The average Bonchev–Trinajstić information content (AvgIpc) is 3.23. The first-order valence-electron chi connectivity index (χ1n) is 8.04. The number of nitrogens with one attached hydrogen (secondary N) is 1. The molecule has 130 valence electrons. The first-order valence-corrected chi connectivity index (χ1v) is 8.92. The fourth-order valence-corrected chi connectivity index (χ4v) is 2.97. The number of benzene rings is 1. The summed E-state index contributed by atoms with van der Waals surface area (Å²) in [5.74, 6) is -0.00614. The van der Waals surface area contributed by atoms with Gasteiger partial charge in [0.25, 0.3) is 5.89 Å². The first kappa shape index (κ1) is 17.2. The van der Waals surface area contributed by atoms with Crippen LogP contribution in [0.15, 0.2) is 51.0 Å². The van der Waals surface area contributed by atoms with Crippen LogP contribution < -0.4 is 11.1 Å². The van der Waals surface area contributed by atoms with E-state index >= 15 is 0 Å². The molecule has 2 heterocycles. The van der Waals surface area contributed by atoms with Gasteiger partial charge < -0.3 is 9.73 Å². The highest BCUT2D eigenvalue weighted by atomic mass is 32.1. The number of aromatic nitrogens is 2. The molecule has 3 aromatic rings. The third kappa shape index (κ3) is 4.24. The third-order valence-electron chi connectivity index (χ3n) is 3.75. The summed E-state index contributed by atoms with van der Waals surface area (Å²) in [6.07, 6.45) is 0.141. The number of aryl methyl sites for hydroxylation is 1. The van der Waals surface area contributed by atoms with Crippen LogP contribution in [0.25, 0.3) is 10.8 Å². The Bertz CT molecular complexity index is 893. The predicted octanol–water partition coefficient (Wildman–Crippen LogP) is 3.72. The van der Waals surface area contributed by atoms with Crippen molar-refractivity contribution in [1.82, 2.24) is 9.78 Å². The molecule has 0 fully saturated rings. The number of amides is 1. The highest BCUT2D eigenvalue weighted by molar-refractivity contribution is 7.13. The molecule has 2 aromatic heterocycles. The number of carbonyl (C=O) groups is 1. The summed E-state index contributed by atoms with van der Waals surface area (Å²) in [4.78, 5) is 24.7. The lowest BCUT2D eigenvalue weighted by Gasteiger charge is -2.08. The number of anilines is 1. The molecule has 0 atom stereocenters. The number of hydrogen-bond donors (Lipinski definition) is 1. The molecule has 0 aliphatic rings. The highest BCUT2D eigenvalue weighted by Crippen LogP contribution is 2.21. The van der Waals surface area contributed by atoms with Crippen LogP contribution in [0.5, 0.6) is 0 Å². The van der Waals surface area contributed by atoms with E-state index in [4.69, 9.17) is 4.42 Å². The molecule has 0 radical (unpaired) electrons. The lowest BCUT2D eigenvalue weighted by molar-refractivity contribution is -0.116. The number of carbonyl (C=O) groups excluding carboxylic acids is 1. The number of rotatable bonds is 6. The molecule has 0 saturated carbocycles. The van der Waals surface area contributed by atoms with Crippen molar-refractivity contribution in [2.75, 3.05) is 5.32 Å². The standard InChI is InChI=1S/C18H19N3O3S/c1-12(2)13-5-7-14(8-6-13)19-16(22)9-10-21-18(23)24-17(20-21)15-4-3-11-25-15/h3-8,11-12H,9-10H2,1-2H3,(H,19,22). The monoisotopic (exact) mass is 357 g/mol. The van der Waals surface area contributed by atoms with Crippen LogP contribution in [0.1, 0.15) is 31.7 Å². The van der Waals surface area contributed by atoms with Crippen LogP contribution in [0.3, 0.4) is 0 Å². The summed E-state index contributed by atoms with van der Waals surface area (Å²) in [6, 6.07) is 11.4. The molecule has 0 unspecified atom stereocenters. The molecule has 0 spiro atoms. The van der Waals surface area contributed by atoms with E-state index in [0.29, 0.717) is 5.92 Å². The van der Waals surface area contributed by atoms with Crippen LogP contribution in [-0.2, 0) is 11.3 Å². The van der Waals surface area contributed by atoms with Gasteiger partial charge in [-0.1, -0.05) is 32.0 Å². The van der Waals surface area contributed by atoms with E-state index in [9.17, 15) is 9.59 Å². The Balaban J connectivity index is 1.58. The van der Waals surface area contributed by atoms with E-state index in [1.807, 2.05) is 41.8 Å². The second kappa shape index (κ2) is 7.48. The van der Waals surface area contributed by atoms with Gasteiger partial charge in [-0.3, -0.25) is 4.79 Å². The Morgan fingerprint density at radius 1 is 1.28 bits per heavy atom. The summed E-state index contributed by atoms with van der Waals surface area (Å²) in [6.45, 7) is 4.41. The number of hydrogen-bond acceptors (Lipinski definition) is 5. The molecular weight excluding hydrogens is 338 g/mol. The topological polar surface area (TPSA) is 77.1 Å². The van der Waals surface area contributed by atoms with Crippen molar-refractivity contribution in [2.24, 2.45) is 0 Å². The van der Waals surface area contributed by atoms with Gasteiger partial charge >= 0.3 is 5.76 Å². The normalized spacial score (nSPS) is 11.0. The molecule has 3 rings (SSSR count). The van der Waals surface area contributed by atoms with Gasteiger partial charge in [0.1, 0.15) is 0 Å². The zero-order valence-corrected chi connectivity index (χ0v) is 14.9. The average molecular weight is 357 g/mol. The maximum absolute atomic E-state index is 12.1. The Kier molecular flexibility index (Phi) is 5.14. The van der Waals surface area contributed by atoms with Crippen LogP contribution in [0.2, 0.25) is 0 Å². The van der Waals surface area contributed by atoms with Gasteiger partial charge in [0.2, 0.25) is 5.91 Å². The molecule has 0 saturated heterocycles. The first-order chi connectivity index (χ1) is 12.0. The molecular formula is C18H19N3O3S. The van der Waals surface area contributed by atoms with Crippen molar-refractivity contribution in [3.63, 3.8) is 0 Å². The molecule has 1 N–H and O–H groups in total. The van der Waals surface area contributed by atoms with Gasteiger partial charge in [-0.2, -0.15) is 4.68 Å². The van der Waals surface area contributed by atoms with Crippen molar-refractivity contribution in [3.05, 3.63) is 57.9 Å². The van der Waals surface area contributed by atoms with Gasteiger partial charge in [0.05, 0.1) is 11.4 Å². The van der Waals surface area contributed by atoms with E-state index in [1.54, 1.807) is 0 Å². The Labute approximate surface area is 149 Å². The zero-order valence-electron chi connectivity index (χ0n) is 14.1. The van der Waals surface area contributed by atoms with E-state index in [-0.39, 0.29) is 24.8 Å². The minimum Gasteiger partial charge on any atom is -0.387 e. The smallest absolute Gasteiger partial charge is 0.387 e. The summed E-state index contributed by atoms with van der Waals surface area (Å²) in [7, 11) is 0. The molecule has 0 aliphatic carbocycles. The summed E-state index contributed by atoms with van der Waals surface area (Å²) < 4.78 is 6.30. The fraction of sp³-hybridized carbons (Fsp3) is 0.278. The quantitative estimate of drug-likeness (QED) is 0.729. The van der Waals surface area contributed by atoms with Gasteiger partial charge in [-0.05, 0) is 35.1 Å². The predicted molar refractivity (Wildman–Crippen MR) is 97.9 cm³/mol. The van der Waals surface area contributed by atoms with Crippen LogP contribution in [0.4, 0.5) is 5.69 Å². The van der Waals surface area contributed by atoms with E-state index in [1.165, 1.54) is 21.6 Å². The lowest BCUT2D eigenvalue weighted by atomic mass is 10.0. The van der Waals surface area contributed by atoms with Gasteiger partial charge in [0, 0.05) is 12.1 Å². The largest absolute Gasteiger partial charge is 0.437 e. The number of thiophene rings is 1.